The number of benzene rings is 1. The molecule has 1 aliphatic rings. The van der Waals surface area contributed by atoms with Crippen molar-refractivity contribution in [2.24, 2.45) is 0 Å². The van der Waals surface area contributed by atoms with E-state index in [1.165, 1.54) is 12.8 Å². The summed E-state index contributed by atoms with van der Waals surface area (Å²) < 4.78 is 0. The standard InChI is InChI=1S/C16H19N3O2/c1-17-16(8-2-3-9-16)15-18-12-6-4-11(5-7-14(20)21)10-13(12)19-15/h4-7,10,17H,2-3,8-9H2,1H3,(H,18,19)(H,20,21)/b7-5+. The van der Waals surface area contributed by atoms with Crippen LogP contribution in [0.3, 0.4) is 0 Å². The Morgan fingerprint density at radius 1 is 1.43 bits per heavy atom. The van der Waals surface area contributed by atoms with E-state index in [1.54, 1.807) is 6.08 Å². The predicted molar refractivity (Wildman–Crippen MR) is 82.0 cm³/mol. The lowest BCUT2D eigenvalue weighted by atomic mass is 9.97. The average molecular weight is 285 g/mol. The smallest absolute Gasteiger partial charge is 0.328 e. The number of fused-ring (bicyclic) bond motifs is 1. The van der Waals surface area contributed by atoms with Gasteiger partial charge in [0.25, 0.3) is 0 Å². The van der Waals surface area contributed by atoms with Gasteiger partial charge >= 0.3 is 5.97 Å². The minimum atomic E-state index is -0.944. The first-order chi connectivity index (χ1) is 10.1. The van der Waals surface area contributed by atoms with Gasteiger partial charge in [-0.05, 0) is 43.7 Å². The summed E-state index contributed by atoms with van der Waals surface area (Å²) in [6, 6.07) is 5.74. The van der Waals surface area contributed by atoms with Gasteiger partial charge < -0.3 is 15.4 Å². The molecule has 0 unspecified atom stereocenters. The third kappa shape index (κ3) is 2.56. The highest BCUT2D eigenvalue weighted by molar-refractivity contribution is 5.86. The van der Waals surface area contributed by atoms with E-state index in [0.29, 0.717) is 0 Å². The van der Waals surface area contributed by atoms with Crippen molar-refractivity contribution in [2.75, 3.05) is 7.05 Å². The number of hydrogen-bond donors (Lipinski definition) is 3. The van der Waals surface area contributed by atoms with E-state index in [0.717, 1.165) is 41.3 Å². The van der Waals surface area contributed by atoms with Gasteiger partial charge in [0.05, 0.1) is 16.6 Å². The Morgan fingerprint density at radius 3 is 2.86 bits per heavy atom. The summed E-state index contributed by atoms with van der Waals surface area (Å²) in [5.74, 6) is 0.0392. The van der Waals surface area contributed by atoms with E-state index in [-0.39, 0.29) is 5.54 Å². The molecule has 3 N–H and O–H groups in total. The van der Waals surface area contributed by atoms with Crippen molar-refractivity contribution >= 4 is 23.1 Å². The summed E-state index contributed by atoms with van der Waals surface area (Å²) >= 11 is 0. The Morgan fingerprint density at radius 2 is 2.19 bits per heavy atom. The fraction of sp³-hybridized carbons (Fsp3) is 0.375. The summed E-state index contributed by atoms with van der Waals surface area (Å²) in [6.45, 7) is 0. The highest BCUT2D eigenvalue weighted by Crippen LogP contribution is 2.37. The number of H-pyrrole nitrogens is 1. The summed E-state index contributed by atoms with van der Waals surface area (Å²) in [6.07, 6.45) is 7.34. The number of hydrogen-bond acceptors (Lipinski definition) is 3. The molecule has 0 aliphatic heterocycles. The van der Waals surface area contributed by atoms with E-state index < -0.39 is 5.97 Å². The van der Waals surface area contributed by atoms with Crippen LogP contribution < -0.4 is 5.32 Å². The number of aliphatic carboxylic acids is 1. The van der Waals surface area contributed by atoms with Crippen molar-refractivity contribution in [3.05, 3.63) is 35.7 Å². The number of aromatic amines is 1. The number of carboxylic acids is 1. The molecule has 0 saturated heterocycles. The van der Waals surface area contributed by atoms with Gasteiger partial charge in [-0.25, -0.2) is 9.78 Å². The normalized spacial score (nSPS) is 17.8. The third-order valence-electron chi connectivity index (χ3n) is 4.31. The van der Waals surface area contributed by atoms with Crippen LogP contribution in [0.1, 0.15) is 37.1 Å². The Bertz CT molecular complexity index is 697. The second-order valence-corrected chi connectivity index (χ2v) is 5.57. The molecule has 0 bridgehead atoms. The van der Waals surface area contributed by atoms with Crippen molar-refractivity contribution in [1.29, 1.82) is 0 Å². The number of rotatable bonds is 4. The van der Waals surface area contributed by atoms with Crippen LogP contribution in [0.5, 0.6) is 0 Å². The number of carboxylic acid groups (broad SMARTS) is 1. The lowest BCUT2D eigenvalue weighted by molar-refractivity contribution is -0.131. The molecule has 1 fully saturated rings. The van der Waals surface area contributed by atoms with Crippen LogP contribution in [0.25, 0.3) is 17.1 Å². The largest absolute Gasteiger partial charge is 0.478 e. The van der Waals surface area contributed by atoms with Crippen LogP contribution in [-0.4, -0.2) is 28.1 Å². The number of carbonyl (C=O) groups is 1. The average Bonchev–Trinajstić information content (AvgIpc) is 3.11. The molecule has 1 heterocycles. The molecule has 2 aromatic rings. The lowest BCUT2D eigenvalue weighted by Gasteiger charge is -2.25. The SMILES string of the molecule is CNC1(c2nc3ccc(/C=C/C(=O)O)cc3[nH]2)CCCC1. The first kappa shape index (κ1) is 13.8. The maximum atomic E-state index is 10.6. The molecule has 0 amide bonds. The molecule has 1 saturated carbocycles. The Balaban J connectivity index is 1.98. The van der Waals surface area contributed by atoms with Crippen LogP contribution in [-0.2, 0) is 10.3 Å². The Hall–Kier alpha value is -2.14. The van der Waals surface area contributed by atoms with Crippen molar-refractivity contribution in [3.63, 3.8) is 0 Å². The lowest BCUT2D eigenvalue weighted by Crippen LogP contribution is -2.38. The summed E-state index contributed by atoms with van der Waals surface area (Å²) in [4.78, 5) is 18.7. The molecule has 0 atom stereocenters. The predicted octanol–water partition coefficient (Wildman–Crippen LogP) is 2.65. The molecular weight excluding hydrogens is 266 g/mol. The molecule has 0 radical (unpaired) electrons. The second kappa shape index (κ2) is 5.33. The third-order valence-corrected chi connectivity index (χ3v) is 4.31. The van der Waals surface area contributed by atoms with Crippen molar-refractivity contribution in [2.45, 2.75) is 31.2 Å². The molecule has 5 nitrogen and oxygen atoms in total. The van der Waals surface area contributed by atoms with Gasteiger partial charge in [-0.2, -0.15) is 0 Å². The molecule has 110 valence electrons. The number of aromatic nitrogens is 2. The van der Waals surface area contributed by atoms with Crippen LogP contribution in [0, 0.1) is 0 Å². The highest BCUT2D eigenvalue weighted by Gasteiger charge is 2.36. The molecule has 1 aliphatic carbocycles. The van der Waals surface area contributed by atoms with Crippen LogP contribution in [0.4, 0.5) is 0 Å². The summed E-state index contributed by atoms with van der Waals surface area (Å²) in [5.41, 5.74) is 2.67. The fourth-order valence-electron chi connectivity index (χ4n) is 3.11. The maximum absolute atomic E-state index is 10.6. The zero-order chi connectivity index (χ0) is 14.9. The van der Waals surface area contributed by atoms with Crippen LogP contribution in [0.15, 0.2) is 24.3 Å². The number of nitrogens with zero attached hydrogens (tertiary/aromatic N) is 1. The minimum Gasteiger partial charge on any atom is -0.478 e. The van der Waals surface area contributed by atoms with Gasteiger partial charge in [-0.15, -0.1) is 0 Å². The molecule has 1 aromatic carbocycles. The van der Waals surface area contributed by atoms with Crippen molar-refractivity contribution in [3.8, 4) is 0 Å². The van der Waals surface area contributed by atoms with Gasteiger partial charge in [0, 0.05) is 6.08 Å². The van der Waals surface area contributed by atoms with Crippen LogP contribution >= 0.6 is 0 Å². The Kier molecular flexibility index (Phi) is 3.51. The molecule has 5 heteroatoms. The minimum absolute atomic E-state index is 0.0455. The zero-order valence-electron chi connectivity index (χ0n) is 12.0. The molecular formula is C16H19N3O2. The topological polar surface area (TPSA) is 78.0 Å². The van der Waals surface area contributed by atoms with E-state index in [1.807, 2.05) is 25.2 Å². The highest BCUT2D eigenvalue weighted by atomic mass is 16.4. The monoisotopic (exact) mass is 285 g/mol. The van der Waals surface area contributed by atoms with E-state index >= 15 is 0 Å². The molecule has 21 heavy (non-hydrogen) atoms. The maximum Gasteiger partial charge on any atom is 0.328 e. The van der Waals surface area contributed by atoms with Gasteiger partial charge in [0.2, 0.25) is 0 Å². The van der Waals surface area contributed by atoms with Gasteiger partial charge in [0.1, 0.15) is 5.82 Å². The first-order valence-corrected chi connectivity index (χ1v) is 7.23. The number of nitrogens with one attached hydrogen (secondary N) is 2. The summed E-state index contributed by atoms with van der Waals surface area (Å²) in [5, 5.41) is 12.1. The van der Waals surface area contributed by atoms with Gasteiger partial charge in [-0.1, -0.05) is 18.9 Å². The van der Waals surface area contributed by atoms with Crippen LogP contribution in [0.2, 0.25) is 0 Å². The van der Waals surface area contributed by atoms with Crippen molar-refractivity contribution in [1.82, 2.24) is 15.3 Å². The Labute approximate surface area is 123 Å². The van der Waals surface area contributed by atoms with E-state index in [4.69, 9.17) is 10.1 Å². The fourth-order valence-corrected chi connectivity index (χ4v) is 3.11. The van der Waals surface area contributed by atoms with E-state index in [9.17, 15) is 4.79 Å². The molecule has 3 rings (SSSR count). The van der Waals surface area contributed by atoms with Gasteiger partial charge in [0.15, 0.2) is 0 Å². The zero-order valence-corrected chi connectivity index (χ0v) is 12.0. The first-order valence-electron chi connectivity index (χ1n) is 7.23. The van der Waals surface area contributed by atoms with E-state index in [2.05, 4.69) is 10.3 Å². The summed E-state index contributed by atoms with van der Waals surface area (Å²) in [7, 11) is 1.99. The quantitative estimate of drug-likeness (QED) is 0.755. The van der Waals surface area contributed by atoms with Crippen molar-refractivity contribution < 1.29 is 9.90 Å². The molecule has 0 spiro atoms. The second-order valence-electron chi connectivity index (χ2n) is 5.57. The molecule has 1 aromatic heterocycles. The van der Waals surface area contributed by atoms with Gasteiger partial charge in [-0.3, -0.25) is 0 Å². The number of imidazole rings is 1.